The van der Waals surface area contributed by atoms with Crippen LogP contribution in [0.1, 0.15) is 12.8 Å². The second-order valence-corrected chi connectivity index (χ2v) is 5.06. The van der Waals surface area contributed by atoms with Crippen LogP contribution in [0, 0.1) is 0 Å². The molecule has 2 fully saturated rings. The molecule has 2 heterocycles. The third-order valence-electron chi connectivity index (χ3n) is 3.02. The molecule has 0 bridgehead atoms. The molecule has 18 heavy (non-hydrogen) atoms. The summed E-state index contributed by atoms with van der Waals surface area (Å²) in [5, 5.41) is 8.48. The summed E-state index contributed by atoms with van der Waals surface area (Å²) in [6.07, 6.45) is -0.0623. The lowest BCUT2D eigenvalue weighted by Crippen LogP contribution is -2.45. The van der Waals surface area contributed by atoms with Crippen molar-refractivity contribution in [2.45, 2.75) is 18.9 Å². The molecule has 1 N–H and O–H groups in total. The number of imide groups is 1. The largest absolute Gasteiger partial charge is 0.465 e. The summed E-state index contributed by atoms with van der Waals surface area (Å²) in [5.41, 5.74) is 0. The van der Waals surface area contributed by atoms with Gasteiger partial charge < -0.3 is 5.11 Å². The molecule has 1 atom stereocenters. The van der Waals surface area contributed by atoms with Crippen LogP contribution >= 0.6 is 11.8 Å². The van der Waals surface area contributed by atoms with Crippen LogP contribution in [-0.4, -0.2) is 62.8 Å². The molecule has 0 aliphatic carbocycles. The van der Waals surface area contributed by atoms with E-state index < -0.39 is 23.3 Å². The van der Waals surface area contributed by atoms with Gasteiger partial charge in [0.15, 0.2) is 5.78 Å². The number of ketones is 1. The van der Waals surface area contributed by atoms with E-state index in [1.165, 1.54) is 0 Å². The van der Waals surface area contributed by atoms with E-state index in [-0.39, 0.29) is 18.1 Å². The normalized spacial score (nSPS) is 23.9. The maximum Gasteiger partial charge on any atom is 0.407 e. The topological polar surface area (TPSA) is 95.0 Å². The maximum atomic E-state index is 11.9. The van der Waals surface area contributed by atoms with Crippen molar-refractivity contribution in [3.63, 3.8) is 0 Å². The molecular formula is C10H12N2O5S. The Morgan fingerprint density at radius 3 is 2.67 bits per heavy atom. The Morgan fingerprint density at radius 2 is 2.11 bits per heavy atom. The van der Waals surface area contributed by atoms with E-state index in [0.29, 0.717) is 19.4 Å². The molecule has 0 aromatic carbocycles. The van der Waals surface area contributed by atoms with E-state index in [0.717, 1.165) is 21.6 Å². The first-order valence-electron chi connectivity index (χ1n) is 5.50. The number of hydrogen-bond acceptors (Lipinski definition) is 5. The van der Waals surface area contributed by atoms with Crippen LogP contribution in [0.15, 0.2) is 0 Å². The molecule has 3 amide bonds. The average molecular weight is 272 g/mol. The van der Waals surface area contributed by atoms with Gasteiger partial charge in [0.05, 0.1) is 18.3 Å². The molecule has 0 radical (unpaired) electrons. The molecule has 0 aromatic rings. The number of carbonyl (C=O) groups excluding carboxylic acids is 3. The fourth-order valence-corrected chi connectivity index (χ4v) is 2.85. The third-order valence-corrected chi connectivity index (χ3v) is 3.88. The minimum absolute atomic E-state index is 0.0550. The Balaban J connectivity index is 2.01. The predicted octanol–water partition coefficient (Wildman–Crippen LogP) is 0.393. The quantitative estimate of drug-likeness (QED) is 0.798. The van der Waals surface area contributed by atoms with Crippen LogP contribution in [-0.2, 0) is 9.59 Å². The summed E-state index contributed by atoms with van der Waals surface area (Å²) in [4.78, 5) is 47.5. The summed E-state index contributed by atoms with van der Waals surface area (Å²) in [7, 11) is 0. The SMILES string of the molecule is O=C(CN1C(=O)CSC1=O)[C@H]1CCCN1C(=O)O. The van der Waals surface area contributed by atoms with Gasteiger partial charge in [-0.2, -0.15) is 0 Å². The highest BCUT2D eigenvalue weighted by Gasteiger charge is 2.38. The fourth-order valence-electron chi connectivity index (χ4n) is 2.13. The number of rotatable bonds is 3. The number of nitrogens with zero attached hydrogens (tertiary/aromatic N) is 2. The van der Waals surface area contributed by atoms with E-state index in [1.807, 2.05) is 0 Å². The zero-order chi connectivity index (χ0) is 13.3. The van der Waals surface area contributed by atoms with E-state index in [9.17, 15) is 19.2 Å². The Bertz CT molecular complexity index is 408. The van der Waals surface area contributed by atoms with Gasteiger partial charge in [-0.25, -0.2) is 4.79 Å². The lowest BCUT2D eigenvalue weighted by atomic mass is 10.1. The molecule has 98 valence electrons. The Kier molecular flexibility index (Phi) is 3.55. The van der Waals surface area contributed by atoms with Crippen molar-refractivity contribution in [1.82, 2.24) is 9.80 Å². The standard InChI is InChI=1S/C10H12N2O5S/c13-7(4-12-8(14)5-18-10(12)17)6-2-1-3-11(6)9(15)16/h6H,1-5H2,(H,15,16)/t6-/m1/s1. The van der Waals surface area contributed by atoms with Gasteiger partial charge in [0.25, 0.3) is 5.24 Å². The first kappa shape index (κ1) is 12.9. The van der Waals surface area contributed by atoms with Crippen molar-refractivity contribution in [2.24, 2.45) is 0 Å². The van der Waals surface area contributed by atoms with Crippen LogP contribution in [0.3, 0.4) is 0 Å². The van der Waals surface area contributed by atoms with E-state index in [4.69, 9.17) is 5.11 Å². The van der Waals surface area contributed by atoms with Gasteiger partial charge >= 0.3 is 6.09 Å². The van der Waals surface area contributed by atoms with E-state index >= 15 is 0 Å². The van der Waals surface area contributed by atoms with Crippen LogP contribution in [0.4, 0.5) is 9.59 Å². The average Bonchev–Trinajstić information content (AvgIpc) is 2.90. The van der Waals surface area contributed by atoms with Crippen molar-refractivity contribution in [3.05, 3.63) is 0 Å². The van der Waals surface area contributed by atoms with Crippen molar-refractivity contribution in [1.29, 1.82) is 0 Å². The van der Waals surface area contributed by atoms with Crippen molar-refractivity contribution < 1.29 is 24.3 Å². The van der Waals surface area contributed by atoms with E-state index in [1.54, 1.807) is 0 Å². The van der Waals surface area contributed by atoms with Crippen LogP contribution < -0.4 is 0 Å². The van der Waals surface area contributed by atoms with E-state index in [2.05, 4.69) is 0 Å². The zero-order valence-corrected chi connectivity index (χ0v) is 10.3. The summed E-state index contributed by atoms with van der Waals surface area (Å²) < 4.78 is 0. The summed E-state index contributed by atoms with van der Waals surface area (Å²) in [6.45, 7) is 0.00148. The molecule has 2 saturated heterocycles. The number of thioether (sulfide) groups is 1. The molecule has 2 aliphatic rings. The molecule has 0 spiro atoms. The smallest absolute Gasteiger partial charge is 0.407 e. The van der Waals surface area contributed by atoms with Crippen molar-refractivity contribution in [2.75, 3.05) is 18.8 Å². The Labute approximate surface area is 107 Å². The van der Waals surface area contributed by atoms with Gasteiger partial charge in [-0.15, -0.1) is 0 Å². The molecule has 8 heteroatoms. The number of amides is 3. The Hall–Kier alpha value is -1.57. The van der Waals surface area contributed by atoms with Gasteiger partial charge in [0, 0.05) is 6.54 Å². The lowest BCUT2D eigenvalue weighted by molar-refractivity contribution is -0.131. The third kappa shape index (κ3) is 2.33. The predicted molar refractivity (Wildman–Crippen MR) is 62.3 cm³/mol. The molecule has 0 aromatic heterocycles. The molecular weight excluding hydrogens is 260 g/mol. The highest BCUT2D eigenvalue weighted by atomic mass is 32.2. The second-order valence-electron chi connectivity index (χ2n) is 4.13. The van der Waals surface area contributed by atoms with Crippen molar-refractivity contribution in [3.8, 4) is 0 Å². The minimum atomic E-state index is -1.14. The van der Waals surface area contributed by atoms with Gasteiger partial charge in [-0.3, -0.25) is 24.2 Å². The summed E-state index contributed by atoms with van der Waals surface area (Å²) >= 11 is 0.860. The molecule has 2 rings (SSSR count). The van der Waals surface area contributed by atoms with Crippen LogP contribution in [0.25, 0.3) is 0 Å². The van der Waals surface area contributed by atoms with Gasteiger partial charge in [-0.05, 0) is 12.8 Å². The number of Topliss-reactive ketones (excluding diaryl/α,β-unsaturated/α-hetero) is 1. The zero-order valence-electron chi connectivity index (χ0n) is 9.50. The molecule has 2 aliphatic heterocycles. The molecule has 0 saturated carbocycles. The monoisotopic (exact) mass is 272 g/mol. The first-order chi connectivity index (χ1) is 8.50. The van der Waals surface area contributed by atoms with Gasteiger partial charge in [-0.1, -0.05) is 11.8 Å². The highest BCUT2D eigenvalue weighted by molar-refractivity contribution is 8.14. The number of hydrogen-bond donors (Lipinski definition) is 1. The minimum Gasteiger partial charge on any atom is -0.465 e. The number of carboxylic acid groups (broad SMARTS) is 1. The number of carbonyl (C=O) groups is 4. The summed E-state index contributed by atoms with van der Waals surface area (Å²) in [5.74, 6) is -0.725. The maximum absolute atomic E-state index is 11.9. The van der Waals surface area contributed by atoms with Gasteiger partial charge in [0.2, 0.25) is 5.91 Å². The van der Waals surface area contributed by atoms with Crippen LogP contribution in [0.5, 0.6) is 0 Å². The fraction of sp³-hybridized carbons (Fsp3) is 0.600. The van der Waals surface area contributed by atoms with Gasteiger partial charge in [0.1, 0.15) is 0 Å². The lowest BCUT2D eigenvalue weighted by Gasteiger charge is -2.22. The first-order valence-corrected chi connectivity index (χ1v) is 6.48. The number of likely N-dealkylation sites (tertiary alicyclic amines) is 1. The van der Waals surface area contributed by atoms with Crippen LogP contribution in [0.2, 0.25) is 0 Å². The van der Waals surface area contributed by atoms with Crippen molar-refractivity contribution >= 4 is 34.8 Å². The second kappa shape index (κ2) is 4.97. The highest BCUT2D eigenvalue weighted by Crippen LogP contribution is 2.22. The molecule has 7 nitrogen and oxygen atoms in total. The molecule has 0 unspecified atom stereocenters. The summed E-state index contributed by atoms with van der Waals surface area (Å²) in [6, 6.07) is -0.728. The Morgan fingerprint density at radius 1 is 1.39 bits per heavy atom.